The standard InChI is InChI=1S/C21H19NO6/c1-26-14-8-4-12(5-9-14)16-17(13-6-10-15(27-2)11-7-13)19(21(25)28-3)22-18(16)20(23)24/h4-11,22H,1-3H3,(H,23,24). The van der Waals surface area contributed by atoms with Crippen LogP contribution < -0.4 is 9.47 Å². The molecule has 0 bridgehead atoms. The summed E-state index contributed by atoms with van der Waals surface area (Å²) in [6.45, 7) is 0. The fourth-order valence-corrected chi connectivity index (χ4v) is 3.01. The monoisotopic (exact) mass is 381 g/mol. The minimum absolute atomic E-state index is 0.0656. The summed E-state index contributed by atoms with van der Waals surface area (Å²) in [5.74, 6) is -0.567. The number of methoxy groups -OCH3 is 3. The number of rotatable bonds is 6. The first-order chi connectivity index (χ1) is 13.5. The molecule has 144 valence electrons. The molecule has 3 rings (SSSR count). The smallest absolute Gasteiger partial charge is 0.355 e. The van der Waals surface area contributed by atoms with E-state index in [9.17, 15) is 14.7 Å². The summed E-state index contributed by atoms with van der Waals surface area (Å²) in [6, 6.07) is 13.9. The normalized spacial score (nSPS) is 10.4. The zero-order valence-corrected chi connectivity index (χ0v) is 15.6. The molecule has 7 heteroatoms. The number of ether oxygens (including phenoxy) is 3. The number of carboxylic acid groups (broad SMARTS) is 1. The Hall–Kier alpha value is -3.74. The molecule has 1 aromatic heterocycles. The van der Waals surface area contributed by atoms with Gasteiger partial charge in [0.15, 0.2) is 0 Å². The number of hydrogen-bond donors (Lipinski definition) is 2. The Morgan fingerprint density at radius 2 is 1.18 bits per heavy atom. The summed E-state index contributed by atoms with van der Waals surface area (Å²) in [7, 11) is 4.34. The third kappa shape index (κ3) is 3.42. The van der Waals surface area contributed by atoms with Crippen molar-refractivity contribution in [3.8, 4) is 33.8 Å². The molecule has 2 aromatic carbocycles. The van der Waals surface area contributed by atoms with Crippen LogP contribution >= 0.6 is 0 Å². The van der Waals surface area contributed by atoms with Crippen LogP contribution in [0.15, 0.2) is 48.5 Å². The molecule has 2 N–H and O–H groups in total. The number of aromatic nitrogens is 1. The summed E-state index contributed by atoms with van der Waals surface area (Å²) >= 11 is 0. The van der Waals surface area contributed by atoms with Gasteiger partial charge in [0.1, 0.15) is 22.9 Å². The highest BCUT2D eigenvalue weighted by atomic mass is 16.5. The predicted molar refractivity (Wildman–Crippen MR) is 103 cm³/mol. The summed E-state index contributed by atoms with van der Waals surface area (Å²) < 4.78 is 15.2. The number of carbonyl (C=O) groups excluding carboxylic acids is 1. The van der Waals surface area contributed by atoms with E-state index in [0.717, 1.165) is 0 Å². The van der Waals surface area contributed by atoms with E-state index >= 15 is 0 Å². The Morgan fingerprint density at radius 3 is 1.54 bits per heavy atom. The highest BCUT2D eigenvalue weighted by Gasteiger charge is 2.28. The molecule has 0 atom stereocenters. The minimum atomic E-state index is -1.18. The summed E-state index contributed by atoms with van der Waals surface area (Å²) in [6.07, 6.45) is 0. The molecular formula is C21H19NO6. The second kappa shape index (κ2) is 7.87. The largest absolute Gasteiger partial charge is 0.497 e. The molecule has 0 fully saturated rings. The lowest BCUT2D eigenvalue weighted by Crippen LogP contribution is -2.04. The molecule has 0 spiro atoms. The van der Waals surface area contributed by atoms with Crippen LogP contribution in [0.2, 0.25) is 0 Å². The van der Waals surface area contributed by atoms with Crippen LogP contribution in [0.3, 0.4) is 0 Å². The average Bonchev–Trinajstić information content (AvgIpc) is 3.14. The zero-order chi connectivity index (χ0) is 20.3. The molecule has 0 amide bonds. The van der Waals surface area contributed by atoms with Gasteiger partial charge in [0.05, 0.1) is 21.3 Å². The van der Waals surface area contributed by atoms with E-state index in [1.165, 1.54) is 7.11 Å². The van der Waals surface area contributed by atoms with Crippen molar-refractivity contribution in [2.24, 2.45) is 0 Å². The maximum absolute atomic E-state index is 12.4. The number of H-pyrrole nitrogens is 1. The van der Waals surface area contributed by atoms with E-state index < -0.39 is 11.9 Å². The Balaban J connectivity index is 2.31. The first-order valence-corrected chi connectivity index (χ1v) is 8.36. The Bertz CT molecular complexity index is 1000. The van der Waals surface area contributed by atoms with Gasteiger partial charge >= 0.3 is 11.9 Å². The minimum Gasteiger partial charge on any atom is -0.497 e. The average molecular weight is 381 g/mol. The lowest BCUT2D eigenvalue weighted by atomic mass is 9.94. The summed E-state index contributed by atoms with van der Waals surface area (Å²) in [5.41, 5.74) is 2.07. The fourth-order valence-electron chi connectivity index (χ4n) is 3.01. The van der Waals surface area contributed by atoms with E-state index in [4.69, 9.17) is 14.2 Å². The molecule has 0 unspecified atom stereocenters. The lowest BCUT2D eigenvalue weighted by Gasteiger charge is -2.10. The molecule has 0 aliphatic carbocycles. The van der Waals surface area contributed by atoms with Gasteiger partial charge in [-0.25, -0.2) is 9.59 Å². The number of aromatic carboxylic acids is 1. The van der Waals surface area contributed by atoms with Crippen molar-refractivity contribution < 1.29 is 28.9 Å². The highest BCUT2D eigenvalue weighted by Crippen LogP contribution is 2.39. The third-order valence-corrected chi connectivity index (χ3v) is 4.36. The van der Waals surface area contributed by atoms with Crippen molar-refractivity contribution in [2.45, 2.75) is 0 Å². The second-order valence-corrected chi connectivity index (χ2v) is 5.88. The number of carbonyl (C=O) groups is 2. The number of aromatic amines is 1. The van der Waals surface area contributed by atoms with Crippen molar-refractivity contribution in [1.29, 1.82) is 0 Å². The molecular weight excluding hydrogens is 362 g/mol. The first-order valence-electron chi connectivity index (χ1n) is 8.36. The number of hydrogen-bond acceptors (Lipinski definition) is 5. The number of nitrogens with one attached hydrogen (secondary N) is 1. The number of benzene rings is 2. The maximum Gasteiger partial charge on any atom is 0.355 e. The van der Waals surface area contributed by atoms with E-state index in [-0.39, 0.29) is 11.4 Å². The SMILES string of the molecule is COC(=O)c1[nH]c(C(=O)O)c(-c2ccc(OC)cc2)c1-c1ccc(OC)cc1. The van der Waals surface area contributed by atoms with Crippen LogP contribution in [0.25, 0.3) is 22.3 Å². The van der Waals surface area contributed by atoms with Gasteiger partial charge in [0.2, 0.25) is 0 Å². The van der Waals surface area contributed by atoms with Crippen molar-refractivity contribution in [1.82, 2.24) is 4.98 Å². The van der Waals surface area contributed by atoms with Gasteiger partial charge in [0.25, 0.3) is 0 Å². The van der Waals surface area contributed by atoms with Gasteiger partial charge in [-0.05, 0) is 35.4 Å². The molecule has 1 heterocycles. The maximum atomic E-state index is 12.4. The van der Waals surface area contributed by atoms with Crippen LogP contribution in [-0.4, -0.2) is 43.4 Å². The summed E-state index contributed by atoms with van der Waals surface area (Å²) in [5, 5.41) is 9.72. The molecule has 0 radical (unpaired) electrons. The van der Waals surface area contributed by atoms with Crippen molar-refractivity contribution in [3.63, 3.8) is 0 Å². The van der Waals surface area contributed by atoms with Crippen LogP contribution in [0, 0.1) is 0 Å². The molecule has 7 nitrogen and oxygen atoms in total. The van der Waals surface area contributed by atoms with Gasteiger partial charge in [-0.3, -0.25) is 0 Å². The van der Waals surface area contributed by atoms with Crippen LogP contribution in [0.1, 0.15) is 21.0 Å². The molecule has 0 saturated carbocycles. The molecule has 0 aliphatic rings. The van der Waals surface area contributed by atoms with Crippen LogP contribution in [0.4, 0.5) is 0 Å². The van der Waals surface area contributed by atoms with E-state index in [1.54, 1.807) is 62.8 Å². The molecule has 0 saturated heterocycles. The van der Waals surface area contributed by atoms with Crippen LogP contribution in [0.5, 0.6) is 11.5 Å². The number of carboxylic acids is 1. The Morgan fingerprint density at radius 1 is 0.750 bits per heavy atom. The van der Waals surface area contributed by atoms with Crippen molar-refractivity contribution in [2.75, 3.05) is 21.3 Å². The fraction of sp³-hybridized carbons (Fsp3) is 0.143. The molecule has 3 aromatic rings. The predicted octanol–water partition coefficient (Wildman–Crippen LogP) is 3.85. The van der Waals surface area contributed by atoms with Gasteiger partial charge < -0.3 is 24.3 Å². The zero-order valence-electron chi connectivity index (χ0n) is 15.6. The molecule has 0 aliphatic heterocycles. The van der Waals surface area contributed by atoms with Crippen molar-refractivity contribution in [3.05, 3.63) is 59.9 Å². The van der Waals surface area contributed by atoms with E-state index in [1.807, 2.05) is 0 Å². The van der Waals surface area contributed by atoms with Crippen molar-refractivity contribution >= 4 is 11.9 Å². The quantitative estimate of drug-likeness (QED) is 0.630. The van der Waals surface area contributed by atoms with E-state index in [2.05, 4.69) is 4.98 Å². The number of esters is 1. The van der Waals surface area contributed by atoms with Crippen LogP contribution in [-0.2, 0) is 4.74 Å². The second-order valence-electron chi connectivity index (χ2n) is 5.88. The van der Waals surface area contributed by atoms with Gasteiger partial charge in [-0.1, -0.05) is 24.3 Å². The van der Waals surface area contributed by atoms with Gasteiger partial charge in [-0.15, -0.1) is 0 Å². The van der Waals surface area contributed by atoms with Gasteiger partial charge in [0, 0.05) is 11.1 Å². The molecule has 28 heavy (non-hydrogen) atoms. The first kappa shape index (κ1) is 19.0. The highest BCUT2D eigenvalue weighted by molar-refractivity contribution is 6.08. The van der Waals surface area contributed by atoms with Gasteiger partial charge in [-0.2, -0.15) is 0 Å². The summed E-state index contributed by atoms with van der Waals surface area (Å²) in [4.78, 5) is 27.0. The third-order valence-electron chi connectivity index (χ3n) is 4.36. The topological polar surface area (TPSA) is 97.9 Å². The lowest BCUT2D eigenvalue weighted by molar-refractivity contribution is 0.0595. The Labute approximate surface area is 161 Å². The Kier molecular flexibility index (Phi) is 5.35. The van der Waals surface area contributed by atoms with E-state index in [0.29, 0.717) is 33.8 Å².